The van der Waals surface area contributed by atoms with Gasteiger partial charge in [0.05, 0.1) is 8.07 Å². The lowest BCUT2D eigenvalue weighted by Gasteiger charge is -2.21. The molecular weight excluding hydrogens is 184 g/mol. The quantitative estimate of drug-likeness (QED) is 0.567. The third kappa shape index (κ3) is 1.11. The molecule has 0 aromatic carbocycles. The molecule has 2 saturated carbocycles. The number of fused-ring (bicyclic) bond motifs is 5. The number of rotatable bonds is 1. The van der Waals surface area contributed by atoms with E-state index in [1.54, 1.807) is 11.1 Å². The second-order valence-corrected chi connectivity index (χ2v) is 11.7. The zero-order chi connectivity index (χ0) is 9.92. The second-order valence-electron chi connectivity index (χ2n) is 6.34. The molecule has 14 heavy (non-hydrogen) atoms. The molecule has 0 amide bonds. The van der Waals surface area contributed by atoms with Gasteiger partial charge in [-0.2, -0.15) is 0 Å². The summed E-state index contributed by atoms with van der Waals surface area (Å²) in [6.07, 6.45) is 9.70. The van der Waals surface area contributed by atoms with Crippen LogP contribution in [0.25, 0.3) is 0 Å². The molecule has 0 spiro atoms. The van der Waals surface area contributed by atoms with Gasteiger partial charge in [0.25, 0.3) is 0 Å². The van der Waals surface area contributed by atoms with E-state index < -0.39 is 8.07 Å². The largest absolute Gasteiger partial charge is 0.0766 e. The average molecular weight is 204 g/mol. The highest BCUT2D eigenvalue weighted by atomic mass is 28.3. The first kappa shape index (κ1) is 8.96. The van der Waals surface area contributed by atoms with Gasteiger partial charge < -0.3 is 0 Å². The number of allylic oxidation sites excluding steroid dienone is 4. The van der Waals surface area contributed by atoms with Gasteiger partial charge in [0, 0.05) is 0 Å². The molecule has 0 aliphatic heterocycles. The lowest BCUT2D eigenvalue weighted by Crippen LogP contribution is -2.24. The molecule has 2 bridgehead atoms. The molecular formula is C13H20Si. The Morgan fingerprint density at radius 1 is 1.00 bits per heavy atom. The van der Waals surface area contributed by atoms with Crippen LogP contribution in [-0.4, -0.2) is 8.07 Å². The molecule has 76 valence electrons. The van der Waals surface area contributed by atoms with Crippen molar-refractivity contribution in [3.05, 3.63) is 23.3 Å². The summed E-state index contributed by atoms with van der Waals surface area (Å²) in [5.74, 6) is 1.93. The van der Waals surface area contributed by atoms with Crippen LogP contribution in [0.2, 0.25) is 25.2 Å². The van der Waals surface area contributed by atoms with Crippen LogP contribution >= 0.6 is 0 Å². The summed E-state index contributed by atoms with van der Waals surface area (Å²) in [7, 11) is -0.974. The Kier molecular flexibility index (Phi) is 1.68. The van der Waals surface area contributed by atoms with Crippen molar-refractivity contribution in [1.82, 2.24) is 0 Å². The van der Waals surface area contributed by atoms with E-state index in [-0.39, 0.29) is 0 Å². The Hall–Kier alpha value is -0.303. The fourth-order valence-corrected chi connectivity index (χ4v) is 4.78. The van der Waals surface area contributed by atoms with Crippen LogP contribution in [0.1, 0.15) is 19.3 Å². The van der Waals surface area contributed by atoms with Crippen LogP contribution in [-0.2, 0) is 0 Å². The van der Waals surface area contributed by atoms with Gasteiger partial charge in [-0.05, 0) is 47.8 Å². The first-order chi connectivity index (χ1) is 6.55. The van der Waals surface area contributed by atoms with Crippen LogP contribution in [0.3, 0.4) is 0 Å². The number of hydrogen-bond acceptors (Lipinski definition) is 0. The Balaban J connectivity index is 1.96. The normalized spacial score (nSPS) is 35.9. The molecule has 0 radical (unpaired) electrons. The molecule has 3 aliphatic carbocycles. The van der Waals surface area contributed by atoms with Crippen LogP contribution < -0.4 is 0 Å². The highest BCUT2D eigenvalue weighted by Gasteiger charge is 2.43. The van der Waals surface area contributed by atoms with Crippen molar-refractivity contribution in [1.29, 1.82) is 0 Å². The molecule has 0 N–H and O–H groups in total. The third-order valence-electron chi connectivity index (χ3n) is 4.36. The van der Waals surface area contributed by atoms with E-state index in [0.29, 0.717) is 0 Å². The Bertz CT molecular complexity index is 304. The van der Waals surface area contributed by atoms with Crippen molar-refractivity contribution >= 4 is 8.07 Å². The standard InChI is InChI=1S/C13H20Si/c1-14(2,3)11-7-12-9-4-5-10(6-9)13(12)8-11/h7-11H,4-6H2,1-3H3/t9-,10-/m0/s1. The summed E-state index contributed by atoms with van der Waals surface area (Å²) >= 11 is 0. The fourth-order valence-electron chi connectivity index (χ4n) is 3.42. The lowest BCUT2D eigenvalue weighted by atomic mass is 9.92. The summed E-state index contributed by atoms with van der Waals surface area (Å²) in [6.45, 7) is 7.48. The summed E-state index contributed by atoms with van der Waals surface area (Å²) in [5, 5.41) is 0. The predicted octanol–water partition coefficient (Wildman–Crippen LogP) is 3.99. The highest BCUT2D eigenvalue weighted by molar-refractivity contribution is 6.78. The molecule has 0 heterocycles. The maximum atomic E-state index is 2.63. The van der Waals surface area contributed by atoms with Gasteiger partial charge in [-0.1, -0.05) is 31.8 Å². The third-order valence-corrected chi connectivity index (χ3v) is 6.70. The molecule has 2 fully saturated rings. The highest BCUT2D eigenvalue weighted by Crippen LogP contribution is 2.56. The van der Waals surface area contributed by atoms with Gasteiger partial charge in [-0.15, -0.1) is 0 Å². The van der Waals surface area contributed by atoms with E-state index in [4.69, 9.17) is 0 Å². The monoisotopic (exact) mass is 204 g/mol. The molecule has 3 rings (SSSR count). The first-order valence-electron chi connectivity index (χ1n) is 5.99. The van der Waals surface area contributed by atoms with Gasteiger partial charge in [0.2, 0.25) is 0 Å². The minimum Gasteiger partial charge on any atom is -0.0766 e. The number of hydrogen-bond donors (Lipinski definition) is 0. The van der Waals surface area contributed by atoms with Crippen molar-refractivity contribution in [2.24, 2.45) is 11.8 Å². The van der Waals surface area contributed by atoms with Gasteiger partial charge in [0.1, 0.15) is 0 Å². The first-order valence-corrected chi connectivity index (χ1v) is 9.57. The van der Waals surface area contributed by atoms with Crippen LogP contribution in [0.4, 0.5) is 0 Å². The Morgan fingerprint density at radius 2 is 1.50 bits per heavy atom. The Labute approximate surface area is 88.1 Å². The van der Waals surface area contributed by atoms with E-state index in [0.717, 1.165) is 17.4 Å². The second kappa shape index (κ2) is 2.63. The smallest absolute Gasteiger partial charge is 0.0558 e. The Morgan fingerprint density at radius 3 is 1.93 bits per heavy atom. The molecule has 0 saturated heterocycles. The predicted molar refractivity (Wildman–Crippen MR) is 64.1 cm³/mol. The fraction of sp³-hybridized carbons (Fsp3) is 0.692. The minimum absolute atomic E-state index is 0.843. The molecule has 0 aromatic rings. The topological polar surface area (TPSA) is 0 Å². The van der Waals surface area contributed by atoms with Gasteiger partial charge in [-0.25, -0.2) is 0 Å². The van der Waals surface area contributed by atoms with E-state index >= 15 is 0 Å². The molecule has 1 heteroatoms. The van der Waals surface area contributed by atoms with E-state index in [9.17, 15) is 0 Å². The molecule has 0 unspecified atom stereocenters. The van der Waals surface area contributed by atoms with E-state index in [1.165, 1.54) is 19.3 Å². The van der Waals surface area contributed by atoms with Crippen molar-refractivity contribution in [3.8, 4) is 0 Å². The maximum Gasteiger partial charge on any atom is 0.0558 e. The van der Waals surface area contributed by atoms with Crippen LogP contribution in [0.5, 0.6) is 0 Å². The minimum atomic E-state index is -0.974. The maximum absolute atomic E-state index is 2.63. The van der Waals surface area contributed by atoms with Crippen LogP contribution in [0.15, 0.2) is 23.3 Å². The zero-order valence-corrected chi connectivity index (χ0v) is 10.5. The summed E-state index contributed by atoms with van der Waals surface area (Å²) in [6, 6.07) is 0. The van der Waals surface area contributed by atoms with E-state index in [2.05, 4.69) is 31.8 Å². The lowest BCUT2D eigenvalue weighted by molar-refractivity contribution is 0.658. The summed E-state index contributed by atoms with van der Waals surface area (Å²) in [4.78, 5) is 0. The summed E-state index contributed by atoms with van der Waals surface area (Å²) in [5.41, 5.74) is 4.39. The molecule has 0 aromatic heterocycles. The van der Waals surface area contributed by atoms with Gasteiger partial charge in [-0.3, -0.25) is 0 Å². The van der Waals surface area contributed by atoms with Gasteiger partial charge >= 0.3 is 0 Å². The van der Waals surface area contributed by atoms with E-state index in [1.807, 2.05) is 0 Å². The average Bonchev–Trinajstić information content (AvgIpc) is 2.74. The van der Waals surface area contributed by atoms with Crippen molar-refractivity contribution in [2.45, 2.75) is 44.4 Å². The van der Waals surface area contributed by atoms with Gasteiger partial charge in [0.15, 0.2) is 0 Å². The molecule has 3 aliphatic rings. The molecule has 0 nitrogen and oxygen atoms in total. The molecule has 2 atom stereocenters. The van der Waals surface area contributed by atoms with Crippen molar-refractivity contribution < 1.29 is 0 Å². The SMILES string of the molecule is C[Si](C)(C)C1C=C2C(=C1)[C@H]1CC[C@H]2C1. The van der Waals surface area contributed by atoms with Crippen molar-refractivity contribution in [2.75, 3.05) is 0 Å². The zero-order valence-electron chi connectivity index (χ0n) is 9.51. The van der Waals surface area contributed by atoms with Crippen molar-refractivity contribution in [3.63, 3.8) is 0 Å². The summed E-state index contributed by atoms with van der Waals surface area (Å²) < 4.78 is 0. The van der Waals surface area contributed by atoms with Crippen LogP contribution in [0, 0.1) is 11.8 Å².